The van der Waals surface area contributed by atoms with E-state index in [2.05, 4.69) is 50.3 Å². The second-order valence-corrected chi connectivity index (χ2v) is 7.40. The lowest BCUT2D eigenvalue weighted by atomic mass is 9.80. The minimum absolute atomic E-state index is 0.0473. The van der Waals surface area contributed by atoms with Crippen LogP contribution in [0, 0.1) is 12.8 Å². The summed E-state index contributed by atoms with van der Waals surface area (Å²) in [5.74, 6) is 0.444. The molecule has 4 heteroatoms. The molecule has 102 valence electrons. The number of aryl methyl sites for hydroxylation is 1. The Bertz CT molecular complexity index is 425. The Kier molecular flexibility index (Phi) is 3.56. The van der Waals surface area contributed by atoms with Gasteiger partial charge in [0.1, 0.15) is 0 Å². The third-order valence-corrected chi connectivity index (χ3v) is 4.60. The van der Waals surface area contributed by atoms with Gasteiger partial charge in [0.05, 0.1) is 27.9 Å². The van der Waals surface area contributed by atoms with E-state index < -0.39 is 0 Å². The standard InChI is InChI=1S/C14H24N2OS/c1-9-16-11(8-18-9)12(15-6)10-7-13(2,3)17-14(10,4)5/h8,10,12,15H,7H2,1-6H3. The molecular formula is C14H24N2OS. The molecule has 0 aromatic carbocycles. The summed E-state index contributed by atoms with van der Waals surface area (Å²) >= 11 is 1.72. The first-order chi connectivity index (χ1) is 8.25. The number of ether oxygens (including phenoxy) is 1. The molecule has 3 nitrogen and oxygen atoms in total. The smallest absolute Gasteiger partial charge is 0.0898 e. The summed E-state index contributed by atoms with van der Waals surface area (Å²) in [5.41, 5.74) is 0.989. The zero-order valence-electron chi connectivity index (χ0n) is 12.2. The average Bonchev–Trinajstić information content (AvgIpc) is 2.70. The minimum Gasteiger partial charge on any atom is -0.369 e. The molecule has 1 N–H and O–H groups in total. The first-order valence-corrected chi connectivity index (χ1v) is 7.42. The summed E-state index contributed by atoms with van der Waals surface area (Å²) in [5, 5.41) is 6.72. The van der Waals surface area contributed by atoms with E-state index >= 15 is 0 Å². The maximum absolute atomic E-state index is 6.20. The van der Waals surface area contributed by atoms with Gasteiger partial charge in [-0.3, -0.25) is 0 Å². The average molecular weight is 268 g/mol. The Labute approximate surface area is 114 Å². The van der Waals surface area contributed by atoms with Crippen LogP contribution in [-0.2, 0) is 4.74 Å². The SMILES string of the molecule is CNC(c1csc(C)n1)C1CC(C)(C)OC1(C)C. The van der Waals surface area contributed by atoms with Crippen molar-refractivity contribution in [3.8, 4) is 0 Å². The van der Waals surface area contributed by atoms with Crippen molar-refractivity contribution in [1.82, 2.24) is 10.3 Å². The van der Waals surface area contributed by atoms with Crippen LogP contribution in [-0.4, -0.2) is 23.2 Å². The lowest BCUT2D eigenvalue weighted by molar-refractivity contribution is -0.0777. The lowest BCUT2D eigenvalue weighted by Gasteiger charge is -2.32. The fourth-order valence-corrected chi connectivity index (χ4v) is 3.85. The Balaban J connectivity index is 2.28. The molecule has 1 aliphatic rings. The Morgan fingerprint density at radius 1 is 1.44 bits per heavy atom. The van der Waals surface area contributed by atoms with Gasteiger partial charge < -0.3 is 10.1 Å². The van der Waals surface area contributed by atoms with Gasteiger partial charge in [0.25, 0.3) is 0 Å². The van der Waals surface area contributed by atoms with Crippen molar-refractivity contribution in [2.75, 3.05) is 7.05 Å². The predicted octanol–water partition coefficient (Wildman–Crippen LogP) is 3.31. The van der Waals surface area contributed by atoms with Crippen LogP contribution in [0.4, 0.5) is 0 Å². The molecular weight excluding hydrogens is 244 g/mol. The molecule has 0 amide bonds. The highest BCUT2D eigenvalue weighted by Gasteiger charge is 2.49. The molecule has 0 spiro atoms. The van der Waals surface area contributed by atoms with E-state index in [4.69, 9.17) is 4.74 Å². The summed E-state index contributed by atoms with van der Waals surface area (Å²) in [4.78, 5) is 4.64. The quantitative estimate of drug-likeness (QED) is 0.913. The van der Waals surface area contributed by atoms with Crippen LogP contribution in [0.15, 0.2) is 5.38 Å². The maximum Gasteiger partial charge on any atom is 0.0898 e. The van der Waals surface area contributed by atoms with Crippen molar-refractivity contribution in [2.24, 2.45) is 5.92 Å². The number of thiazole rings is 1. The number of hydrogen-bond donors (Lipinski definition) is 1. The zero-order valence-corrected chi connectivity index (χ0v) is 13.0. The van der Waals surface area contributed by atoms with Crippen LogP contribution in [0.25, 0.3) is 0 Å². The van der Waals surface area contributed by atoms with Gasteiger partial charge in [0.2, 0.25) is 0 Å². The van der Waals surface area contributed by atoms with Gasteiger partial charge in [-0.1, -0.05) is 0 Å². The molecule has 2 rings (SSSR count). The molecule has 1 aromatic heterocycles. The van der Waals surface area contributed by atoms with Crippen LogP contribution >= 0.6 is 11.3 Å². The number of rotatable bonds is 3. The van der Waals surface area contributed by atoms with Gasteiger partial charge in [-0.05, 0) is 48.1 Å². The summed E-state index contributed by atoms with van der Waals surface area (Å²) < 4.78 is 6.20. The van der Waals surface area contributed by atoms with Crippen LogP contribution in [0.2, 0.25) is 0 Å². The van der Waals surface area contributed by atoms with Gasteiger partial charge in [-0.15, -0.1) is 11.3 Å². The Hall–Kier alpha value is -0.450. The third kappa shape index (κ3) is 2.60. The molecule has 1 aliphatic heterocycles. The van der Waals surface area contributed by atoms with E-state index in [1.54, 1.807) is 11.3 Å². The Morgan fingerprint density at radius 2 is 2.11 bits per heavy atom. The van der Waals surface area contributed by atoms with Crippen LogP contribution in [0.5, 0.6) is 0 Å². The molecule has 2 heterocycles. The second kappa shape index (κ2) is 4.58. The summed E-state index contributed by atoms with van der Waals surface area (Å²) in [6.07, 6.45) is 1.06. The van der Waals surface area contributed by atoms with E-state index in [1.807, 2.05) is 7.05 Å². The second-order valence-electron chi connectivity index (χ2n) is 6.33. The highest BCUT2D eigenvalue weighted by molar-refractivity contribution is 7.09. The monoisotopic (exact) mass is 268 g/mol. The molecule has 1 aromatic rings. The maximum atomic E-state index is 6.20. The van der Waals surface area contributed by atoms with Crippen LogP contribution in [0.1, 0.15) is 50.9 Å². The third-order valence-electron chi connectivity index (χ3n) is 3.81. The van der Waals surface area contributed by atoms with E-state index in [0.29, 0.717) is 5.92 Å². The van der Waals surface area contributed by atoms with Crippen molar-refractivity contribution in [2.45, 2.75) is 58.3 Å². The van der Waals surface area contributed by atoms with Crippen molar-refractivity contribution < 1.29 is 4.74 Å². The highest BCUT2D eigenvalue weighted by atomic mass is 32.1. The largest absolute Gasteiger partial charge is 0.369 e. The zero-order chi connectivity index (χ0) is 13.6. The fourth-order valence-electron chi connectivity index (χ4n) is 3.20. The van der Waals surface area contributed by atoms with Gasteiger partial charge in [-0.25, -0.2) is 4.98 Å². The van der Waals surface area contributed by atoms with E-state index in [9.17, 15) is 0 Å². The molecule has 2 atom stereocenters. The molecule has 18 heavy (non-hydrogen) atoms. The van der Waals surface area contributed by atoms with Crippen molar-refractivity contribution in [3.63, 3.8) is 0 Å². The summed E-state index contributed by atoms with van der Waals surface area (Å²) in [6, 6.07) is 0.270. The number of aromatic nitrogens is 1. The van der Waals surface area contributed by atoms with Crippen LogP contribution < -0.4 is 5.32 Å². The van der Waals surface area contributed by atoms with E-state index in [1.165, 1.54) is 0 Å². The molecule has 2 unspecified atom stereocenters. The van der Waals surface area contributed by atoms with Gasteiger partial charge in [0.15, 0.2) is 0 Å². The highest BCUT2D eigenvalue weighted by Crippen LogP contribution is 2.47. The fraction of sp³-hybridized carbons (Fsp3) is 0.786. The Morgan fingerprint density at radius 3 is 2.50 bits per heavy atom. The topological polar surface area (TPSA) is 34.2 Å². The summed E-state index contributed by atoms with van der Waals surface area (Å²) in [6.45, 7) is 10.8. The van der Waals surface area contributed by atoms with Gasteiger partial charge >= 0.3 is 0 Å². The van der Waals surface area contributed by atoms with Crippen LogP contribution in [0.3, 0.4) is 0 Å². The van der Waals surface area contributed by atoms with Gasteiger partial charge in [-0.2, -0.15) is 0 Å². The van der Waals surface area contributed by atoms with E-state index in [0.717, 1.165) is 17.1 Å². The molecule has 1 fully saturated rings. The predicted molar refractivity (Wildman–Crippen MR) is 76.0 cm³/mol. The number of nitrogens with one attached hydrogen (secondary N) is 1. The normalized spacial score (nSPS) is 27.3. The molecule has 0 bridgehead atoms. The molecule has 0 radical (unpaired) electrons. The lowest BCUT2D eigenvalue weighted by Crippen LogP contribution is -2.37. The number of nitrogens with zero attached hydrogens (tertiary/aromatic N) is 1. The molecule has 1 saturated heterocycles. The van der Waals surface area contributed by atoms with Gasteiger partial charge in [0, 0.05) is 11.3 Å². The minimum atomic E-state index is -0.116. The van der Waals surface area contributed by atoms with Crippen molar-refractivity contribution in [1.29, 1.82) is 0 Å². The summed E-state index contributed by atoms with van der Waals surface area (Å²) in [7, 11) is 2.01. The number of hydrogen-bond acceptors (Lipinski definition) is 4. The first kappa shape index (κ1) is 14.0. The van der Waals surface area contributed by atoms with E-state index in [-0.39, 0.29) is 17.2 Å². The molecule has 0 aliphatic carbocycles. The van der Waals surface area contributed by atoms with Crippen molar-refractivity contribution in [3.05, 3.63) is 16.1 Å². The first-order valence-electron chi connectivity index (χ1n) is 6.55. The molecule has 0 saturated carbocycles. The van der Waals surface area contributed by atoms with Crippen molar-refractivity contribution >= 4 is 11.3 Å².